The van der Waals surface area contributed by atoms with Crippen LogP contribution in [0.25, 0.3) is 0 Å². The number of hydrogen-bond donors (Lipinski definition) is 1. The first-order chi connectivity index (χ1) is 9.03. The largest absolute Gasteiger partial charge is 0.496 e. The highest BCUT2D eigenvalue weighted by Gasteiger charge is 2.52. The lowest BCUT2D eigenvalue weighted by atomic mass is 9.85. The Kier molecular flexibility index (Phi) is 3.75. The van der Waals surface area contributed by atoms with Gasteiger partial charge in [0.1, 0.15) is 17.1 Å². The third kappa shape index (κ3) is 2.42. The molecule has 1 unspecified atom stereocenters. The van der Waals surface area contributed by atoms with Gasteiger partial charge in [-0.3, -0.25) is 0 Å². The first kappa shape index (κ1) is 13.8. The van der Waals surface area contributed by atoms with E-state index in [4.69, 9.17) is 15.2 Å². The summed E-state index contributed by atoms with van der Waals surface area (Å²) in [6, 6.07) is 4.02. The lowest BCUT2D eigenvalue weighted by Gasteiger charge is -2.29. The van der Waals surface area contributed by atoms with Crippen LogP contribution in [0.3, 0.4) is 0 Å². The second-order valence-electron chi connectivity index (χ2n) is 4.71. The summed E-state index contributed by atoms with van der Waals surface area (Å²) in [4.78, 5) is 12.2. The minimum Gasteiger partial charge on any atom is -0.496 e. The van der Waals surface area contributed by atoms with Crippen molar-refractivity contribution in [1.29, 1.82) is 0 Å². The van der Waals surface area contributed by atoms with E-state index in [2.05, 4.69) is 0 Å². The number of carbonyl (C=O) groups is 1. The molecular weight excluding hydrogens is 249 g/mol. The second-order valence-corrected chi connectivity index (χ2v) is 4.71. The SMILES string of the molecule is CCOC(=O)C(N)(c1cc(F)ccc1OC)C1CC1. The van der Waals surface area contributed by atoms with Crippen LogP contribution < -0.4 is 10.5 Å². The van der Waals surface area contributed by atoms with E-state index in [0.717, 1.165) is 12.8 Å². The van der Waals surface area contributed by atoms with Crippen molar-refractivity contribution in [3.63, 3.8) is 0 Å². The van der Waals surface area contributed by atoms with Crippen LogP contribution in [0, 0.1) is 11.7 Å². The summed E-state index contributed by atoms with van der Waals surface area (Å²) in [5, 5.41) is 0. The van der Waals surface area contributed by atoms with Gasteiger partial charge in [-0.25, -0.2) is 9.18 Å². The number of carbonyl (C=O) groups excluding carboxylic acids is 1. The van der Waals surface area contributed by atoms with Crippen LogP contribution in [0.15, 0.2) is 18.2 Å². The van der Waals surface area contributed by atoms with Crippen molar-refractivity contribution < 1.29 is 18.7 Å². The van der Waals surface area contributed by atoms with E-state index in [0.29, 0.717) is 11.3 Å². The second kappa shape index (κ2) is 5.17. The zero-order valence-electron chi connectivity index (χ0n) is 11.1. The number of benzene rings is 1. The first-order valence-electron chi connectivity index (χ1n) is 6.34. The molecule has 0 bridgehead atoms. The van der Waals surface area contributed by atoms with E-state index in [9.17, 15) is 9.18 Å². The van der Waals surface area contributed by atoms with Crippen LogP contribution >= 0.6 is 0 Å². The molecule has 19 heavy (non-hydrogen) atoms. The van der Waals surface area contributed by atoms with Gasteiger partial charge in [0.2, 0.25) is 0 Å². The Morgan fingerprint density at radius 2 is 2.21 bits per heavy atom. The van der Waals surface area contributed by atoms with Crippen molar-refractivity contribution in [3.05, 3.63) is 29.6 Å². The molecule has 0 spiro atoms. The van der Waals surface area contributed by atoms with Gasteiger partial charge in [-0.1, -0.05) is 0 Å². The van der Waals surface area contributed by atoms with Crippen molar-refractivity contribution in [2.75, 3.05) is 13.7 Å². The van der Waals surface area contributed by atoms with Gasteiger partial charge in [-0.05, 0) is 43.9 Å². The molecule has 0 saturated heterocycles. The molecule has 0 aliphatic heterocycles. The Hall–Kier alpha value is -1.62. The quantitative estimate of drug-likeness (QED) is 0.828. The van der Waals surface area contributed by atoms with Crippen LogP contribution in [0.1, 0.15) is 25.3 Å². The molecule has 2 N–H and O–H groups in total. The molecule has 1 atom stereocenters. The average Bonchev–Trinajstić information content (AvgIpc) is 3.22. The summed E-state index contributed by atoms with van der Waals surface area (Å²) in [7, 11) is 1.47. The van der Waals surface area contributed by atoms with Crippen LogP contribution in [0.5, 0.6) is 5.75 Å². The molecule has 1 aliphatic rings. The Bertz CT molecular complexity index is 488. The smallest absolute Gasteiger partial charge is 0.331 e. The lowest BCUT2D eigenvalue weighted by Crippen LogP contribution is -2.48. The van der Waals surface area contributed by atoms with Crippen molar-refractivity contribution in [1.82, 2.24) is 0 Å². The normalized spacial score (nSPS) is 17.7. The maximum Gasteiger partial charge on any atom is 0.331 e. The Morgan fingerprint density at radius 1 is 1.53 bits per heavy atom. The predicted molar refractivity (Wildman–Crippen MR) is 68.2 cm³/mol. The topological polar surface area (TPSA) is 61.5 Å². The number of halogens is 1. The van der Waals surface area contributed by atoms with Crippen molar-refractivity contribution in [3.8, 4) is 5.75 Å². The minimum atomic E-state index is -1.33. The van der Waals surface area contributed by atoms with E-state index in [-0.39, 0.29) is 12.5 Å². The van der Waals surface area contributed by atoms with E-state index < -0.39 is 17.3 Å². The van der Waals surface area contributed by atoms with Crippen LogP contribution in [0.2, 0.25) is 0 Å². The molecular formula is C14H18FNO3. The maximum atomic E-state index is 13.5. The molecule has 0 heterocycles. The highest BCUT2D eigenvalue weighted by molar-refractivity contribution is 5.84. The van der Waals surface area contributed by atoms with E-state index in [1.165, 1.54) is 25.3 Å². The number of nitrogens with two attached hydrogens (primary N) is 1. The molecule has 0 aromatic heterocycles. The van der Waals surface area contributed by atoms with Gasteiger partial charge in [0.05, 0.1) is 13.7 Å². The van der Waals surface area contributed by atoms with Gasteiger partial charge in [0.15, 0.2) is 0 Å². The van der Waals surface area contributed by atoms with E-state index in [1.807, 2.05) is 0 Å². The van der Waals surface area contributed by atoms with Gasteiger partial charge in [-0.2, -0.15) is 0 Å². The fourth-order valence-electron chi connectivity index (χ4n) is 2.29. The molecule has 4 nitrogen and oxygen atoms in total. The van der Waals surface area contributed by atoms with Crippen LogP contribution in [-0.2, 0) is 15.1 Å². The highest BCUT2D eigenvalue weighted by Crippen LogP contribution is 2.47. The molecule has 2 rings (SSSR count). The van der Waals surface area contributed by atoms with Gasteiger partial charge in [0.25, 0.3) is 0 Å². The summed E-state index contributed by atoms with van der Waals surface area (Å²) in [5.74, 6) is -0.594. The third-order valence-corrected chi connectivity index (χ3v) is 3.44. The maximum absolute atomic E-state index is 13.5. The molecule has 104 valence electrons. The van der Waals surface area contributed by atoms with Gasteiger partial charge < -0.3 is 15.2 Å². The molecule has 1 aliphatic carbocycles. The summed E-state index contributed by atoms with van der Waals surface area (Å²) in [6.07, 6.45) is 1.66. The third-order valence-electron chi connectivity index (χ3n) is 3.44. The molecule has 1 aromatic carbocycles. The number of methoxy groups -OCH3 is 1. The zero-order chi connectivity index (χ0) is 14.0. The lowest BCUT2D eigenvalue weighted by molar-refractivity contribution is -0.151. The standard InChI is InChI=1S/C14H18FNO3/c1-3-19-13(17)14(16,9-4-5-9)11-8-10(15)6-7-12(11)18-2/h6-9H,3-5,16H2,1-2H3. The van der Waals surface area contributed by atoms with Crippen molar-refractivity contribution >= 4 is 5.97 Å². The summed E-state index contributed by atoms with van der Waals surface area (Å²) in [6.45, 7) is 1.95. The Balaban J connectivity index is 2.49. The number of ether oxygens (including phenoxy) is 2. The molecule has 1 aromatic rings. The van der Waals surface area contributed by atoms with Gasteiger partial charge in [0, 0.05) is 5.56 Å². The predicted octanol–water partition coefficient (Wildman–Crippen LogP) is 1.96. The fraction of sp³-hybridized carbons (Fsp3) is 0.500. The van der Waals surface area contributed by atoms with E-state index in [1.54, 1.807) is 6.92 Å². The number of hydrogen-bond acceptors (Lipinski definition) is 4. The molecule has 1 fully saturated rings. The molecule has 0 radical (unpaired) electrons. The molecule has 1 saturated carbocycles. The van der Waals surface area contributed by atoms with E-state index >= 15 is 0 Å². The number of rotatable bonds is 5. The molecule has 5 heteroatoms. The molecule has 0 amide bonds. The Morgan fingerprint density at radius 3 is 2.74 bits per heavy atom. The summed E-state index contributed by atoms with van der Waals surface area (Å²) < 4.78 is 23.7. The highest BCUT2D eigenvalue weighted by atomic mass is 19.1. The van der Waals surface area contributed by atoms with Crippen LogP contribution in [-0.4, -0.2) is 19.7 Å². The van der Waals surface area contributed by atoms with Gasteiger partial charge >= 0.3 is 5.97 Å². The zero-order valence-corrected chi connectivity index (χ0v) is 11.1. The monoisotopic (exact) mass is 267 g/mol. The summed E-state index contributed by atoms with van der Waals surface area (Å²) in [5.41, 5.74) is 5.31. The average molecular weight is 267 g/mol. The van der Waals surface area contributed by atoms with Crippen molar-refractivity contribution in [2.24, 2.45) is 11.7 Å². The van der Waals surface area contributed by atoms with Crippen LogP contribution in [0.4, 0.5) is 4.39 Å². The van der Waals surface area contributed by atoms with Crippen molar-refractivity contribution in [2.45, 2.75) is 25.3 Å². The first-order valence-corrected chi connectivity index (χ1v) is 6.34. The minimum absolute atomic E-state index is 0.0257. The summed E-state index contributed by atoms with van der Waals surface area (Å²) >= 11 is 0. The fourth-order valence-corrected chi connectivity index (χ4v) is 2.29. The van der Waals surface area contributed by atoms with Gasteiger partial charge in [-0.15, -0.1) is 0 Å². The Labute approximate surface area is 111 Å². The number of esters is 1.